The maximum Gasteiger partial charge on any atom is 0.272 e. The van der Waals surface area contributed by atoms with E-state index in [0.717, 1.165) is 51.3 Å². The summed E-state index contributed by atoms with van der Waals surface area (Å²) < 4.78 is 7.42. The molecule has 0 spiro atoms. The number of aromatic amines is 1. The molecule has 0 aliphatic carbocycles. The van der Waals surface area contributed by atoms with E-state index in [0.29, 0.717) is 31.1 Å². The summed E-state index contributed by atoms with van der Waals surface area (Å²) >= 11 is 6.43. The molecular formula is C20H23ClN4O2. The van der Waals surface area contributed by atoms with Gasteiger partial charge < -0.3 is 15.0 Å². The van der Waals surface area contributed by atoms with Gasteiger partial charge in [-0.05, 0) is 44.4 Å². The lowest BCUT2D eigenvalue weighted by Crippen LogP contribution is -2.27. The van der Waals surface area contributed by atoms with E-state index in [4.69, 9.17) is 16.3 Å². The van der Waals surface area contributed by atoms with Gasteiger partial charge in [-0.1, -0.05) is 17.7 Å². The predicted octanol–water partition coefficient (Wildman–Crippen LogP) is 3.70. The molecule has 0 unspecified atom stereocenters. The number of nitrogens with zero attached hydrogens (tertiary/aromatic N) is 2. The van der Waals surface area contributed by atoms with Crippen LogP contribution in [-0.4, -0.2) is 33.8 Å². The maximum atomic E-state index is 12.6. The molecule has 0 fully saturated rings. The van der Waals surface area contributed by atoms with Gasteiger partial charge in [0, 0.05) is 36.2 Å². The molecule has 142 valence electrons. The SMILES string of the molecule is Cc1[nH]c2c(C)ccc(Cl)c2c1CCNC(=O)c1nn2c(c1C)OCCC2. The highest BCUT2D eigenvalue weighted by Crippen LogP contribution is 2.31. The van der Waals surface area contributed by atoms with Gasteiger partial charge in [-0.15, -0.1) is 0 Å². The molecule has 0 bridgehead atoms. The van der Waals surface area contributed by atoms with Crippen LogP contribution in [0.3, 0.4) is 0 Å². The Balaban J connectivity index is 1.50. The van der Waals surface area contributed by atoms with Crippen LogP contribution in [0.5, 0.6) is 5.88 Å². The third-order valence-corrected chi connectivity index (χ3v) is 5.50. The molecule has 3 aromatic rings. The molecule has 1 amide bonds. The largest absolute Gasteiger partial charge is 0.478 e. The lowest BCUT2D eigenvalue weighted by Gasteiger charge is -2.14. The summed E-state index contributed by atoms with van der Waals surface area (Å²) in [5, 5.41) is 9.18. The van der Waals surface area contributed by atoms with Crippen molar-refractivity contribution in [1.82, 2.24) is 20.1 Å². The lowest BCUT2D eigenvalue weighted by molar-refractivity contribution is 0.0947. The lowest BCUT2D eigenvalue weighted by atomic mass is 10.1. The topological polar surface area (TPSA) is 71.9 Å². The molecule has 3 heterocycles. The number of aromatic nitrogens is 3. The minimum atomic E-state index is -0.169. The van der Waals surface area contributed by atoms with Crippen LogP contribution in [0.2, 0.25) is 5.02 Å². The third-order valence-electron chi connectivity index (χ3n) is 5.19. The van der Waals surface area contributed by atoms with E-state index >= 15 is 0 Å². The summed E-state index contributed by atoms with van der Waals surface area (Å²) in [4.78, 5) is 16.0. The standard InChI is InChI=1S/C20H23ClN4O2/c1-11-5-6-15(21)16-14(13(3)23-17(11)16)7-8-22-19(26)18-12(2)20-25(24-18)9-4-10-27-20/h5-6,23H,4,7-10H2,1-3H3,(H,22,26). The molecule has 27 heavy (non-hydrogen) atoms. The van der Waals surface area contributed by atoms with Crippen LogP contribution >= 0.6 is 11.6 Å². The van der Waals surface area contributed by atoms with Gasteiger partial charge in [-0.3, -0.25) is 4.79 Å². The second kappa shape index (κ2) is 6.93. The van der Waals surface area contributed by atoms with Gasteiger partial charge in [-0.2, -0.15) is 5.10 Å². The first-order valence-electron chi connectivity index (χ1n) is 9.22. The predicted molar refractivity (Wildman–Crippen MR) is 106 cm³/mol. The number of ether oxygens (including phenoxy) is 1. The summed E-state index contributed by atoms with van der Waals surface area (Å²) in [7, 11) is 0. The summed E-state index contributed by atoms with van der Waals surface area (Å²) in [5.41, 5.74) is 5.69. The molecule has 0 saturated carbocycles. The summed E-state index contributed by atoms with van der Waals surface area (Å²) in [5.74, 6) is 0.541. The van der Waals surface area contributed by atoms with Crippen molar-refractivity contribution in [2.24, 2.45) is 0 Å². The Kier molecular flexibility index (Phi) is 4.60. The van der Waals surface area contributed by atoms with Crippen molar-refractivity contribution in [3.05, 3.63) is 45.2 Å². The summed E-state index contributed by atoms with van der Waals surface area (Å²) in [6, 6.07) is 3.94. The molecule has 2 N–H and O–H groups in total. The van der Waals surface area contributed by atoms with Gasteiger partial charge in [0.05, 0.1) is 17.1 Å². The molecule has 1 aliphatic heterocycles. The summed E-state index contributed by atoms with van der Waals surface area (Å²) in [6.45, 7) is 7.96. The molecule has 1 aromatic carbocycles. The first-order chi connectivity index (χ1) is 13.0. The van der Waals surface area contributed by atoms with Crippen LogP contribution in [0.1, 0.15) is 39.3 Å². The van der Waals surface area contributed by atoms with Gasteiger partial charge in [-0.25, -0.2) is 4.68 Å². The zero-order valence-electron chi connectivity index (χ0n) is 15.8. The van der Waals surface area contributed by atoms with Gasteiger partial charge in [0.1, 0.15) is 0 Å². The molecular weight excluding hydrogens is 364 g/mol. The summed E-state index contributed by atoms with van der Waals surface area (Å²) in [6.07, 6.45) is 1.61. The van der Waals surface area contributed by atoms with Crippen LogP contribution in [-0.2, 0) is 13.0 Å². The molecule has 0 radical (unpaired) electrons. The van der Waals surface area contributed by atoms with Crippen molar-refractivity contribution in [3.8, 4) is 5.88 Å². The number of fused-ring (bicyclic) bond motifs is 2. The minimum absolute atomic E-state index is 0.169. The highest BCUT2D eigenvalue weighted by Gasteiger charge is 2.23. The Morgan fingerprint density at radius 3 is 2.96 bits per heavy atom. The molecule has 0 atom stereocenters. The number of nitrogens with one attached hydrogen (secondary N) is 2. The number of benzene rings is 1. The zero-order valence-corrected chi connectivity index (χ0v) is 16.5. The number of H-pyrrole nitrogens is 1. The van der Waals surface area contributed by atoms with Crippen LogP contribution in [0, 0.1) is 20.8 Å². The van der Waals surface area contributed by atoms with E-state index in [2.05, 4.69) is 22.3 Å². The van der Waals surface area contributed by atoms with Gasteiger partial charge in [0.2, 0.25) is 5.88 Å². The number of hydrogen-bond acceptors (Lipinski definition) is 3. The fraction of sp³-hybridized carbons (Fsp3) is 0.400. The van der Waals surface area contributed by atoms with Crippen molar-refractivity contribution < 1.29 is 9.53 Å². The highest BCUT2D eigenvalue weighted by molar-refractivity contribution is 6.35. The van der Waals surface area contributed by atoms with E-state index in [1.54, 1.807) is 4.68 Å². The van der Waals surface area contributed by atoms with E-state index in [9.17, 15) is 4.79 Å². The Morgan fingerprint density at radius 2 is 2.19 bits per heavy atom. The van der Waals surface area contributed by atoms with Crippen LogP contribution in [0.15, 0.2) is 12.1 Å². The number of carbonyl (C=O) groups excluding carboxylic acids is 1. The van der Waals surface area contributed by atoms with Crippen molar-refractivity contribution in [2.45, 2.75) is 40.2 Å². The Morgan fingerprint density at radius 1 is 1.37 bits per heavy atom. The number of amides is 1. The first kappa shape index (κ1) is 17.9. The maximum absolute atomic E-state index is 12.6. The molecule has 2 aromatic heterocycles. The fourth-order valence-corrected chi connectivity index (χ4v) is 4.03. The molecule has 4 rings (SSSR count). The fourth-order valence-electron chi connectivity index (χ4n) is 3.75. The van der Waals surface area contributed by atoms with E-state index in [-0.39, 0.29) is 5.91 Å². The Hall–Kier alpha value is -2.47. The normalized spacial score (nSPS) is 13.5. The van der Waals surface area contributed by atoms with Crippen molar-refractivity contribution in [1.29, 1.82) is 0 Å². The third kappa shape index (κ3) is 3.08. The minimum Gasteiger partial charge on any atom is -0.478 e. The molecule has 0 saturated heterocycles. The monoisotopic (exact) mass is 386 g/mol. The quantitative estimate of drug-likeness (QED) is 0.718. The second-order valence-corrected chi connectivity index (χ2v) is 7.46. The Labute approximate surface area is 162 Å². The van der Waals surface area contributed by atoms with E-state index in [1.165, 1.54) is 0 Å². The average molecular weight is 387 g/mol. The molecule has 7 heteroatoms. The average Bonchev–Trinajstić information content (AvgIpc) is 3.17. The molecule has 1 aliphatic rings. The highest BCUT2D eigenvalue weighted by atomic mass is 35.5. The van der Waals surface area contributed by atoms with Crippen molar-refractivity contribution in [3.63, 3.8) is 0 Å². The van der Waals surface area contributed by atoms with Crippen molar-refractivity contribution in [2.75, 3.05) is 13.2 Å². The van der Waals surface area contributed by atoms with Crippen molar-refractivity contribution >= 4 is 28.4 Å². The van der Waals surface area contributed by atoms with E-state index in [1.807, 2.05) is 26.0 Å². The van der Waals surface area contributed by atoms with Crippen LogP contribution in [0.4, 0.5) is 0 Å². The van der Waals surface area contributed by atoms with Crippen LogP contribution < -0.4 is 10.1 Å². The Bertz CT molecular complexity index is 1030. The van der Waals surface area contributed by atoms with Crippen LogP contribution in [0.25, 0.3) is 10.9 Å². The second-order valence-electron chi connectivity index (χ2n) is 7.05. The smallest absolute Gasteiger partial charge is 0.272 e. The van der Waals surface area contributed by atoms with Gasteiger partial charge >= 0.3 is 0 Å². The number of aryl methyl sites for hydroxylation is 3. The van der Waals surface area contributed by atoms with Gasteiger partial charge in [0.25, 0.3) is 5.91 Å². The number of hydrogen-bond donors (Lipinski definition) is 2. The number of halogens is 1. The molecule has 6 nitrogen and oxygen atoms in total. The first-order valence-corrected chi connectivity index (χ1v) is 9.60. The zero-order chi connectivity index (χ0) is 19.1. The van der Waals surface area contributed by atoms with E-state index < -0.39 is 0 Å². The number of carbonyl (C=O) groups is 1. The van der Waals surface area contributed by atoms with Gasteiger partial charge in [0.15, 0.2) is 5.69 Å². The number of rotatable bonds is 4.